The van der Waals surface area contributed by atoms with Crippen molar-refractivity contribution >= 4 is 21.9 Å². The van der Waals surface area contributed by atoms with E-state index in [9.17, 15) is 4.79 Å². The SMILES string of the molecule is O=C(O)c1cccc(Br)c1OC1CCCCC1. The highest BCUT2D eigenvalue weighted by Gasteiger charge is 2.20. The summed E-state index contributed by atoms with van der Waals surface area (Å²) in [5.41, 5.74) is 0.227. The number of rotatable bonds is 3. The minimum absolute atomic E-state index is 0.153. The number of hydrogen-bond acceptors (Lipinski definition) is 2. The van der Waals surface area contributed by atoms with Crippen LogP contribution in [0.1, 0.15) is 42.5 Å². The van der Waals surface area contributed by atoms with E-state index in [0.717, 1.165) is 25.7 Å². The van der Waals surface area contributed by atoms with Gasteiger partial charge in [-0.05, 0) is 53.7 Å². The molecule has 0 saturated heterocycles. The van der Waals surface area contributed by atoms with Gasteiger partial charge in [0.2, 0.25) is 0 Å². The summed E-state index contributed by atoms with van der Waals surface area (Å²) in [5, 5.41) is 9.12. The van der Waals surface area contributed by atoms with E-state index in [-0.39, 0.29) is 11.7 Å². The van der Waals surface area contributed by atoms with Crippen LogP contribution in [-0.2, 0) is 0 Å². The Balaban J connectivity index is 2.21. The molecule has 0 aromatic heterocycles. The third-order valence-electron chi connectivity index (χ3n) is 3.03. The zero-order chi connectivity index (χ0) is 12.3. The third kappa shape index (κ3) is 3.00. The lowest BCUT2D eigenvalue weighted by atomic mass is 9.97. The van der Waals surface area contributed by atoms with E-state index in [1.54, 1.807) is 12.1 Å². The van der Waals surface area contributed by atoms with E-state index in [1.807, 2.05) is 6.07 Å². The average molecular weight is 299 g/mol. The molecule has 1 aromatic carbocycles. The van der Waals surface area contributed by atoms with Crippen molar-refractivity contribution in [2.45, 2.75) is 38.2 Å². The lowest BCUT2D eigenvalue weighted by molar-refractivity contribution is 0.0685. The maximum absolute atomic E-state index is 11.1. The fourth-order valence-electron chi connectivity index (χ4n) is 2.15. The van der Waals surface area contributed by atoms with Crippen molar-refractivity contribution in [1.82, 2.24) is 0 Å². The molecule has 3 nitrogen and oxygen atoms in total. The molecule has 92 valence electrons. The van der Waals surface area contributed by atoms with Gasteiger partial charge in [0, 0.05) is 0 Å². The largest absolute Gasteiger partial charge is 0.488 e. The van der Waals surface area contributed by atoms with Crippen molar-refractivity contribution in [2.75, 3.05) is 0 Å². The summed E-state index contributed by atoms with van der Waals surface area (Å²) in [6.07, 6.45) is 5.76. The molecule has 0 spiro atoms. The molecule has 0 aliphatic heterocycles. The van der Waals surface area contributed by atoms with Gasteiger partial charge in [0.25, 0.3) is 0 Å². The van der Waals surface area contributed by atoms with Gasteiger partial charge in [0.05, 0.1) is 10.6 Å². The van der Waals surface area contributed by atoms with E-state index in [2.05, 4.69) is 15.9 Å². The molecule has 1 saturated carbocycles. The van der Waals surface area contributed by atoms with Gasteiger partial charge in [-0.3, -0.25) is 0 Å². The molecular weight excluding hydrogens is 284 g/mol. The Morgan fingerprint density at radius 1 is 1.29 bits per heavy atom. The summed E-state index contributed by atoms with van der Waals surface area (Å²) in [5.74, 6) is -0.482. The topological polar surface area (TPSA) is 46.5 Å². The predicted octanol–water partition coefficient (Wildman–Crippen LogP) is 3.86. The molecule has 2 rings (SSSR count). The van der Waals surface area contributed by atoms with Gasteiger partial charge in [-0.1, -0.05) is 12.5 Å². The fourth-order valence-corrected chi connectivity index (χ4v) is 2.61. The van der Waals surface area contributed by atoms with Crippen LogP contribution >= 0.6 is 15.9 Å². The molecule has 0 unspecified atom stereocenters. The van der Waals surface area contributed by atoms with Crippen molar-refractivity contribution < 1.29 is 14.6 Å². The van der Waals surface area contributed by atoms with Crippen LogP contribution in [-0.4, -0.2) is 17.2 Å². The molecule has 0 amide bonds. The van der Waals surface area contributed by atoms with E-state index in [1.165, 1.54) is 6.42 Å². The lowest BCUT2D eigenvalue weighted by Gasteiger charge is -2.24. The Labute approximate surface area is 109 Å². The average Bonchev–Trinajstić information content (AvgIpc) is 2.33. The Hall–Kier alpha value is -1.03. The van der Waals surface area contributed by atoms with Crippen LogP contribution in [0.2, 0.25) is 0 Å². The molecule has 0 radical (unpaired) electrons. The number of hydrogen-bond donors (Lipinski definition) is 1. The van der Waals surface area contributed by atoms with Crippen LogP contribution in [0, 0.1) is 0 Å². The molecule has 17 heavy (non-hydrogen) atoms. The minimum Gasteiger partial charge on any atom is -0.488 e. The highest BCUT2D eigenvalue weighted by Crippen LogP contribution is 2.32. The smallest absolute Gasteiger partial charge is 0.339 e. The minimum atomic E-state index is -0.947. The third-order valence-corrected chi connectivity index (χ3v) is 3.66. The highest BCUT2D eigenvalue weighted by atomic mass is 79.9. The summed E-state index contributed by atoms with van der Waals surface area (Å²) in [6, 6.07) is 5.09. The van der Waals surface area contributed by atoms with Crippen molar-refractivity contribution in [3.05, 3.63) is 28.2 Å². The van der Waals surface area contributed by atoms with Crippen LogP contribution in [0.3, 0.4) is 0 Å². The highest BCUT2D eigenvalue weighted by molar-refractivity contribution is 9.10. The second-order valence-corrected chi connectivity index (χ2v) is 5.15. The number of ether oxygens (including phenoxy) is 1. The fraction of sp³-hybridized carbons (Fsp3) is 0.462. The first kappa shape index (κ1) is 12.4. The summed E-state index contributed by atoms with van der Waals surface area (Å²) >= 11 is 3.35. The number of benzene rings is 1. The first-order valence-corrected chi connectivity index (χ1v) is 6.66. The second kappa shape index (κ2) is 5.54. The van der Waals surface area contributed by atoms with Crippen molar-refractivity contribution in [3.8, 4) is 5.75 Å². The van der Waals surface area contributed by atoms with Crippen LogP contribution < -0.4 is 4.74 Å². The Kier molecular flexibility index (Phi) is 4.05. The first-order valence-electron chi connectivity index (χ1n) is 5.87. The number of carboxylic acids is 1. The van der Waals surface area contributed by atoms with Crippen LogP contribution in [0.4, 0.5) is 0 Å². The van der Waals surface area contributed by atoms with Crippen molar-refractivity contribution in [3.63, 3.8) is 0 Å². The van der Waals surface area contributed by atoms with Crippen molar-refractivity contribution in [1.29, 1.82) is 0 Å². The van der Waals surface area contributed by atoms with Gasteiger partial charge in [0.1, 0.15) is 11.3 Å². The zero-order valence-corrected chi connectivity index (χ0v) is 11.1. The quantitative estimate of drug-likeness (QED) is 0.922. The molecule has 0 atom stereocenters. The molecule has 1 aromatic rings. The summed E-state index contributed by atoms with van der Waals surface area (Å²) in [7, 11) is 0. The first-order chi connectivity index (χ1) is 8.18. The van der Waals surface area contributed by atoms with Crippen LogP contribution in [0.25, 0.3) is 0 Å². The lowest BCUT2D eigenvalue weighted by Crippen LogP contribution is -2.21. The second-order valence-electron chi connectivity index (χ2n) is 4.30. The molecule has 1 aliphatic rings. The van der Waals surface area contributed by atoms with E-state index >= 15 is 0 Å². The standard InChI is InChI=1S/C13H15BrO3/c14-11-8-4-7-10(13(15)16)12(11)17-9-5-2-1-3-6-9/h4,7-9H,1-3,5-6H2,(H,15,16). The number of halogens is 1. The van der Waals surface area contributed by atoms with E-state index < -0.39 is 5.97 Å². The maximum Gasteiger partial charge on any atom is 0.339 e. The molecule has 1 fully saturated rings. The Morgan fingerprint density at radius 2 is 2.00 bits per heavy atom. The molecular formula is C13H15BrO3. The number of carboxylic acid groups (broad SMARTS) is 1. The van der Waals surface area contributed by atoms with Gasteiger partial charge in [-0.15, -0.1) is 0 Å². The Bertz CT molecular complexity index is 411. The number of aromatic carboxylic acids is 1. The number of para-hydroxylation sites is 1. The van der Waals surface area contributed by atoms with Gasteiger partial charge < -0.3 is 9.84 Å². The van der Waals surface area contributed by atoms with E-state index in [0.29, 0.717) is 10.2 Å². The summed E-state index contributed by atoms with van der Waals surface area (Å²) < 4.78 is 6.56. The Morgan fingerprint density at radius 3 is 2.65 bits per heavy atom. The van der Waals surface area contributed by atoms with Crippen LogP contribution in [0.5, 0.6) is 5.75 Å². The van der Waals surface area contributed by atoms with Crippen molar-refractivity contribution in [2.24, 2.45) is 0 Å². The molecule has 1 N–H and O–H groups in total. The number of carbonyl (C=O) groups is 1. The van der Waals surface area contributed by atoms with Crippen LogP contribution in [0.15, 0.2) is 22.7 Å². The monoisotopic (exact) mass is 298 g/mol. The summed E-state index contributed by atoms with van der Waals surface area (Å²) in [4.78, 5) is 11.1. The van der Waals surface area contributed by atoms with E-state index in [4.69, 9.17) is 9.84 Å². The molecule has 1 aliphatic carbocycles. The maximum atomic E-state index is 11.1. The molecule has 0 heterocycles. The van der Waals surface area contributed by atoms with Gasteiger partial charge in [0.15, 0.2) is 0 Å². The summed E-state index contributed by atoms with van der Waals surface area (Å²) in [6.45, 7) is 0. The van der Waals surface area contributed by atoms with Gasteiger partial charge >= 0.3 is 5.97 Å². The van der Waals surface area contributed by atoms with Gasteiger partial charge in [-0.25, -0.2) is 4.79 Å². The van der Waals surface area contributed by atoms with Gasteiger partial charge in [-0.2, -0.15) is 0 Å². The zero-order valence-electron chi connectivity index (χ0n) is 9.49. The molecule has 4 heteroatoms. The molecule has 0 bridgehead atoms. The normalized spacial score (nSPS) is 16.8. The predicted molar refractivity (Wildman–Crippen MR) is 68.6 cm³/mol.